The highest BCUT2D eigenvalue weighted by molar-refractivity contribution is 5.92. The molecule has 0 aromatic carbocycles. The van der Waals surface area contributed by atoms with Gasteiger partial charge in [-0.1, -0.05) is 0 Å². The summed E-state index contributed by atoms with van der Waals surface area (Å²) < 4.78 is 0. The van der Waals surface area contributed by atoms with Gasteiger partial charge in [0.05, 0.1) is 0 Å². The second-order valence-electron chi connectivity index (χ2n) is 4.01. The fraction of sp³-hybridized carbons (Fsp3) is 0.545. The van der Waals surface area contributed by atoms with E-state index in [1.54, 1.807) is 6.92 Å². The van der Waals surface area contributed by atoms with Crippen LogP contribution < -0.4 is 4.90 Å². The summed E-state index contributed by atoms with van der Waals surface area (Å²) in [6.45, 7) is 3.55. The zero-order chi connectivity index (χ0) is 11.5. The average Bonchev–Trinajstić information content (AvgIpc) is 2.29. The van der Waals surface area contributed by atoms with E-state index in [4.69, 9.17) is 5.11 Å². The van der Waals surface area contributed by atoms with E-state index in [9.17, 15) is 4.79 Å². The smallest absolute Gasteiger partial charge is 0.341 e. The van der Waals surface area contributed by atoms with Crippen LogP contribution in [0.1, 0.15) is 35.4 Å². The minimum absolute atomic E-state index is 0.201. The molecule has 86 valence electrons. The number of nitrogens with zero attached hydrogens (tertiary/aromatic N) is 3. The predicted molar refractivity (Wildman–Crippen MR) is 59.8 cm³/mol. The fourth-order valence-corrected chi connectivity index (χ4v) is 1.96. The lowest BCUT2D eigenvalue weighted by atomic mass is 10.1. The van der Waals surface area contributed by atoms with Gasteiger partial charge in [-0.25, -0.2) is 14.8 Å². The number of carboxylic acid groups (broad SMARTS) is 1. The summed E-state index contributed by atoms with van der Waals surface area (Å²) in [5, 5.41) is 9.08. The van der Waals surface area contributed by atoms with Gasteiger partial charge in [0.1, 0.15) is 17.2 Å². The second-order valence-corrected chi connectivity index (χ2v) is 4.01. The van der Waals surface area contributed by atoms with E-state index in [2.05, 4.69) is 9.97 Å². The number of anilines is 1. The molecule has 2 heterocycles. The molecule has 1 fully saturated rings. The van der Waals surface area contributed by atoms with Crippen molar-refractivity contribution in [3.63, 3.8) is 0 Å². The van der Waals surface area contributed by atoms with Crippen LogP contribution in [0.5, 0.6) is 0 Å². The SMILES string of the molecule is Cc1ncc(C(=O)O)c(N2CCCCC2)n1. The molecule has 1 aliphatic heterocycles. The molecule has 5 heteroatoms. The third-order valence-electron chi connectivity index (χ3n) is 2.78. The van der Waals surface area contributed by atoms with E-state index in [0.29, 0.717) is 11.6 Å². The van der Waals surface area contributed by atoms with Gasteiger partial charge in [0.25, 0.3) is 0 Å². The molecule has 0 unspecified atom stereocenters. The minimum atomic E-state index is -0.958. The normalized spacial score (nSPS) is 16.2. The van der Waals surface area contributed by atoms with E-state index in [-0.39, 0.29) is 5.56 Å². The number of rotatable bonds is 2. The summed E-state index contributed by atoms with van der Waals surface area (Å²) in [6, 6.07) is 0. The summed E-state index contributed by atoms with van der Waals surface area (Å²) in [6.07, 6.45) is 4.81. The van der Waals surface area contributed by atoms with E-state index < -0.39 is 5.97 Å². The van der Waals surface area contributed by atoms with Crippen LogP contribution in [0.4, 0.5) is 5.82 Å². The quantitative estimate of drug-likeness (QED) is 0.819. The molecular formula is C11H15N3O2. The average molecular weight is 221 g/mol. The van der Waals surface area contributed by atoms with Gasteiger partial charge in [-0.15, -0.1) is 0 Å². The van der Waals surface area contributed by atoms with Crippen molar-refractivity contribution < 1.29 is 9.90 Å². The van der Waals surface area contributed by atoms with Gasteiger partial charge in [0.15, 0.2) is 0 Å². The van der Waals surface area contributed by atoms with Gasteiger partial charge >= 0.3 is 5.97 Å². The number of piperidine rings is 1. The molecule has 0 amide bonds. The standard InChI is InChI=1S/C11H15N3O2/c1-8-12-7-9(11(15)16)10(13-8)14-5-3-2-4-6-14/h7H,2-6H2,1H3,(H,15,16). The van der Waals surface area contributed by atoms with Crippen molar-refractivity contribution >= 4 is 11.8 Å². The van der Waals surface area contributed by atoms with Crippen molar-refractivity contribution in [3.05, 3.63) is 17.6 Å². The molecule has 2 rings (SSSR count). The van der Waals surface area contributed by atoms with E-state index in [1.165, 1.54) is 12.6 Å². The lowest BCUT2D eigenvalue weighted by Crippen LogP contribution is -2.32. The number of carboxylic acids is 1. The number of carbonyl (C=O) groups is 1. The first-order valence-electron chi connectivity index (χ1n) is 5.50. The third-order valence-corrected chi connectivity index (χ3v) is 2.78. The Bertz CT molecular complexity index is 400. The molecule has 1 saturated heterocycles. The Hall–Kier alpha value is -1.65. The Morgan fingerprint density at radius 3 is 2.69 bits per heavy atom. The van der Waals surface area contributed by atoms with E-state index in [1.807, 2.05) is 4.90 Å². The van der Waals surface area contributed by atoms with Crippen molar-refractivity contribution in [2.45, 2.75) is 26.2 Å². The maximum absolute atomic E-state index is 11.1. The topological polar surface area (TPSA) is 66.3 Å². The summed E-state index contributed by atoms with van der Waals surface area (Å²) in [5.74, 6) is 0.228. The Labute approximate surface area is 94.1 Å². The largest absolute Gasteiger partial charge is 0.477 e. The van der Waals surface area contributed by atoms with Crippen LogP contribution in [-0.2, 0) is 0 Å². The fourth-order valence-electron chi connectivity index (χ4n) is 1.96. The van der Waals surface area contributed by atoms with Gasteiger partial charge in [-0.05, 0) is 26.2 Å². The monoisotopic (exact) mass is 221 g/mol. The Morgan fingerprint density at radius 1 is 1.38 bits per heavy atom. The highest BCUT2D eigenvalue weighted by atomic mass is 16.4. The molecule has 16 heavy (non-hydrogen) atoms. The first-order valence-corrected chi connectivity index (χ1v) is 5.50. The Kier molecular flexibility index (Phi) is 3.03. The number of hydrogen-bond donors (Lipinski definition) is 1. The number of aryl methyl sites for hydroxylation is 1. The summed E-state index contributed by atoms with van der Waals surface area (Å²) in [4.78, 5) is 21.3. The minimum Gasteiger partial charge on any atom is -0.477 e. The van der Waals surface area contributed by atoms with Gasteiger partial charge in [-0.2, -0.15) is 0 Å². The van der Waals surface area contributed by atoms with Crippen molar-refractivity contribution in [3.8, 4) is 0 Å². The van der Waals surface area contributed by atoms with Crippen LogP contribution >= 0.6 is 0 Å². The van der Waals surface area contributed by atoms with Crippen LogP contribution in [-0.4, -0.2) is 34.1 Å². The number of hydrogen-bond acceptors (Lipinski definition) is 4. The van der Waals surface area contributed by atoms with Crippen molar-refractivity contribution in [1.82, 2.24) is 9.97 Å². The Balaban J connectivity index is 2.36. The zero-order valence-corrected chi connectivity index (χ0v) is 9.31. The zero-order valence-electron chi connectivity index (χ0n) is 9.31. The molecule has 1 aliphatic rings. The lowest BCUT2D eigenvalue weighted by molar-refractivity contribution is 0.0696. The predicted octanol–water partition coefficient (Wildman–Crippen LogP) is 1.47. The van der Waals surface area contributed by atoms with Gasteiger partial charge in [0, 0.05) is 19.3 Å². The molecule has 0 bridgehead atoms. The maximum atomic E-state index is 11.1. The first kappa shape index (κ1) is 10.9. The summed E-state index contributed by atoms with van der Waals surface area (Å²) >= 11 is 0. The van der Waals surface area contributed by atoms with E-state index >= 15 is 0 Å². The summed E-state index contributed by atoms with van der Waals surface area (Å²) in [5.41, 5.74) is 0.201. The van der Waals surface area contributed by atoms with Crippen LogP contribution in [0.25, 0.3) is 0 Å². The summed E-state index contributed by atoms with van der Waals surface area (Å²) in [7, 11) is 0. The van der Waals surface area contributed by atoms with Gasteiger partial charge in [0.2, 0.25) is 0 Å². The molecule has 1 aromatic heterocycles. The lowest BCUT2D eigenvalue weighted by Gasteiger charge is -2.28. The van der Waals surface area contributed by atoms with Crippen molar-refractivity contribution in [2.24, 2.45) is 0 Å². The molecule has 1 aromatic rings. The Morgan fingerprint density at radius 2 is 2.06 bits per heavy atom. The van der Waals surface area contributed by atoms with Crippen LogP contribution in [0, 0.1) is 6.92 Å². The molecule has 5 nitrogen and oxygen atoms in total. The molecule has 0 radical (unpaired) electrons. The maximum Gasteiger partial charge on any atom is 0.341 e. The van der Waals surface area contributed by atoms with Crippen LogP contribution in [0.3, 0.4) is 0 Å². The highest BCUT2D eigenvalue weighted by Gasteiger charge is 2.20. The molecular weight excluding hydrogens is 206 g/mol. The number of aromatic carboxylic acids is 1. The third kappa shape index (κ3) is 2.13. The van der Waals surface area contributed by atoms with Crippen molar-refractivity contribution in [1.29, 1.82) is 0 Å². The molecule has 1 N–H and O–H groups in total. The first-order chi connectivity index (χ1) is 7.68. The molecule has 0 atom stereocenters. The van der Waals surface area contributed by atoms with Crippen molar-refractivity contribution in [2.75, 3.05) is 18.0 Å². The van der Waals surface area contributed by atoms with Crippen LogP contribution in [0.2, 0.25) is 0 Å². The number of aromatic nitrogens is 2. The van der Waals surface area contributed by atoms with Gasteiger partial charge < -0.3 is 10.0 Å². The van der Waals surface area contributed by atoms with Gasteiger partial charge in [-0.3, -0.25) is 0 Å². The van der Waals surface area contributed by atoms with Crippen LogP contribution in [0.15, 0.2) is 6.20 Å². The molecule has 0 aliphatic carbocycles. The molecule has 0 saturated carbocycles. The molecule has 0 spiro atoms. The second kappa shape index (κ2) is 4.47. The van der Waals surface area contributed by atoms with E-state index in [0.717, 1.165) is 25.9 Å². The highest BCUT2D eigenvalue weighted by Crippen LogP contribution is 2.21.